The van der Waals surface area contributed by atoms with Gasteiger partial charge in [-0.1, -0.05) is 0 Å². The first kappa shape index (κ1) is 15.6. The van der Waals surface area contributed by atoms with Gasteiger partial charge in [0.15, 0.2) is 0 Å². The molecular weight excluding hydrogens is 284 g/mol. The Kier molecular flexibility index (Phi) is 4.50. The zero-order valence-electron chi connectivity index (χ0n) is 12.7. The number of hydrogen-bond donors (Lipinski definition) is 1. The summed E-state index contributed by atoms with van der Waals surface area (Å²) in [7, 11) is 1.54. The Morgan fingerprint density at radius 2 is 1.64 bits per heavy atom. The van der Waals surface area contributed by atoms with E-state index in [1.54, 1.807) is 36.1 Å². The summed E-state index contributed by atoms with van der Waals surface area (Å²) < 4.78 is 6.67. The standard InChI is InChI=1S/C16H18N2O4/c1-11-4-5-12(2)18(11)17(10-15(19)20)16(21)13-6-8-14(22-3)9-7-13/h4-9H,10H2,1-3H3,(H,19,20). The topological polar surface area (TPSA) is 71.8 Å². The highest BCUT2D eigenvalue weighted by Gasteiger charge is 2.22. The lowest BCUT2D eigenvalue weighted by Gasteiger charge is -2.25. The minimum atomic E-state index is -1.07. The number of carbonyl (C=O) groups excluding carboxylic acids is 1. The van der Waals surface area contributed by atoms with Gasteiger partial charge in [-0.05, 0) is 50.2 Å². The number of ether oxygens (including phenoxy) is 1. The molecule has 0 aliphatic carbocycles. The van der Waals surface area contributed by atoms with E-state index in [4.69, 9.17) is 9.84 Å². The van der Waals surface area contributed by atoms with Crippen LogP contribution in [-0.2, 0) is 4.79 Å². The van der Waals surface area contributed by atoms with Crippen LogP contribution in [0.1, 0.15) is 21.7 Å². The third kappa shape index (κ3) is 3.11. The molecule has 0 aliphatic heterocycles. The molecule has 0 saturated heterocycles. The molecule has 0 spiro atoms. The number of aryl methyl sites for hydroxylation is 2. The summed E-state index contributed by atoms with van der Waals surface area (Å²) in [5, 5.41) is 10.3. The van der Waals surface area contributed by atoms with Gasteiger partial charge >= 0.3 is 5.97 Å². The molecule has 116 valence electrons. The van der Waals surface area contributed by atoms with Crippen molar-refractivity contribution in [3.63, 3.8) is 0 Å². The number of aromatic nitrogens is 1. The largest absolute Gasteiger partial charge is 0.497 e. The summed E-state index contributed by atoms with van der Waals surface area (Å²) in [6.07, 6.45) is 0. The summed E-state index contributed by atoms with van der Waals surface area (Å²) >= 11 is 0. The van der Waals surface area contributed by atoms with Crippen LogP contribution in [0.4, 0.5) is 0 Å². The van der Waals surface area contributed by atoms with E-state index in [0.29, 0.717) is 11.3 Å². The van der Waals surface area contributed by atoms with Crippen LogP contribution in [-0.4, -0.2) is 35.3 Å². The van der Waals surface area contributed by atoms with E-state index in [-0.39, 0.29) is 5.91 Å². The molecule has 22 heavy (non-hydrogen) atoms. The third-order valence-electron chi connectivity index (χ3n) is 3.33. The zero-order chi connectivity index (χ0) is 16.3. The van der Waals surface area contributed by atoms with Crippen molar-refractivity contribution in [2.75, 3.05) is 18.7 Å². The van der Waals surface area contributed by atoms with E-state index >= 15 is 0 Å². The molecule has 0 fully saturated rings. The molecule has 2 rings (SSSR count). The quantitative estimate of drug-likeness (QED) is 0.916. The molecule has 0 atom stereocenters. The van der Waals surface area contributed by atoms with E-state index < -0.39 is 12.5 Å². The number of aliphatic carboxylic acids is 1. The highest BCUT2D eigenvalue weighted by molar-refractivity contribution is 6.03. The van der Waals surface area contributed by atoms with Crippen LogP contribution in [0, 0.1) is 13.8 Å². The molecule has 1 N–H and O–H groups in total. The molecular formula is C16H18N2O4. The van der Waals surface area contributed by atoms with Crippen LogP contribution in [0.15, 0.2) is 36.4 Å². The van der Waals surface area contributed by atoms with Crippen LogP contribution >= 0.6 is 0 Å². The second-order valence-corrected chi connectivity index (χ2v) is 4.91. The number of hydrogen-bond acceptors (Lipinski definition) is 3. The Labute approximate surface area is 128 Å². The Hall–Kier alpha value is -2.76. The molecule has 1 aromatic carbocycles. The molecule has 1 aromatic heterocycles. The van der Waals surface area contributed by atoms with E-state index in [9.17, 15) is 9.59 Å². The van der Waals surface area contributed by atoms with Crippen LogP contribution in [0.5, 0.6) is 5.75 Å². The molecule has 0 aliphatic rings. The Bertz CT molecular complexity index is 669. The lowest BCUT2D eigenvalue weighted by Crippen LogP contribution is -2.45. The maximum atomic E-state index is 12.7. The van der Waals surface area contributed by atoms with Crippen molar-refractivity contribution in [3.05, 3.63) is 53.3 Å². The number of methoxy groups -OCH3 is 1. The predicted molar refractivity (Wildman–Crippen MR) is 82.0 cm³/mol. The molecule has 0 unspecified atom stereocenters. The minimum Gasteiger partial charge on any atom is -0.497 e. The van der Waals surface area contributed by atoms with E-state index in [0.717, 1.165) is 11.4 Å². The SMILES string of the molecule is COc1ccc(C(=O)N(CC(=O)O)n2c(C)ccc2C)cc1. The van der Waals surface area contributed by atoms with Crippen molar-refractivity contribution in [2.45, 2.75) is 13.8 Å². The van der Waals surface area contributed by atoms with E-state index in [2.05, 4.69) is 0 Å². The lowest BCUT2D eigenvalue weighted by molar-refractivity contribution is -0.135. The number of carboxylic acids is 1. The first-order valence-electron chi connectivity index (χ1n) is 6.77. The van der Waals surface area contributed by atoms with Crippen molar-refractivity contribution < 1.29 is 19.4 Å². The number of nitrogens with zero attached hydrogens (tertiary/aromatic N) is 2. The lowest BCUT2D eigenvalue weighted by atomic mass is 10.2. The van der Waals surface area contributed by atoms with Crippen molar-refractivity contribution in [2.24, 2.45) is 0 Å². The normalized spacial score (nSPS) is 10.3. The van der Waals surface area contributed by atoms with Gasteiger partial charge in [-0.15, -0.1) is 0 Å². The predicted octanol–water partition coefficient (Wildman–Crippen LogP) is 1.98. The van der Waals surface area contributed by atoms with Gasteiger partial charge in [0, 0.05) is 17.0 Å². The Morgan fingerprint density at radius 3 is 2.09 bits per heavy atom. The number of rotatable bonds is 5. The highest BCUT2D eigenvalue weighted by Crippen LogP contribution is 2.15. The molecule has 0 saturated carbocycles. The highest BCUT2D eigenvalue weighted by atomic mass is 16.5. The summed E-state index contributed by atoms with van der Waals surface area (Å²) in [4.78, 5) is 23.8. The monoisotopic (exact) mass is 302 g/mol. The van der Waals surface area contributed by atoms with Crippen molar-refractivity contribution in [1.29, 1.82) is 0 Å². The second kappa shape index (κ2) is 6.34. The van der Waals surface area contributed by atoms with Crippen LogP contribution < -0.4 is 9.75 Å². The number of amides is 1. The fourth-order valence-corrected chi connectivity index (χ4v) is 2.29. The van der Waals surface area contributed by atoms with Crippen molar-refractivity contribution in [3.8, 4) is 5.75 Å². The maximum Gasteiger partial charge on any atom is 0.325 e. The van der Waals surface area contributed by atoms with Crippen molar-refractivity contribution >= 4 is 11.9 Å². The van der Waals surface area contributed by atoms with Gasteiger partial charge in [-0.3, -0.25) is 14.3 Å². The summed E-state index contributed by atoms with van der Waals surface area (Å²) in [5.41, 5.74) is 1.98. The average Bonchev–Trinajstić information content (AvgIpc) is 2.83. The van der Waals surface area contributed by atoms with Gasteiger partial charge in [0.2, 0.25) is 0 Å². The summed E-state index contributed by atoms with van der Waals surface area (Å²) in [6, 6.07) is 10.2. The molecule has 2 aromatic rings. The minimum absolute atomic E-state index is 0.382. The number of benzene rings is 1. The van der Waals surface area contributed by atoms with Crippen molar-refractivity contribution in [1.82, 2.24) is 4.68 Å². The van der Waals surface area contributed by atoms with Crippen LogP contribution in [0.2, 0.25) is 0 Å². The fourth-order valence-electron chi connectivity index (χ4n) is 2.29. The molecule has 6 nitrogen and oxygen atoms in total. The zero-order valence-corrected chi connectivity index (χ0v) is 12.7. The van der Waals surface area contributed by atoms with Gasteiger partial charge in [0.05, 0.1) is 7.11 Å². The van der Waals surface area contributed by atoms with Crippen LogP contribution in [0.25, 0.3) is 0 Å². The molecule has 0 radical (unpaired) electrons. The number of carbonyl (C=O) groups is 2. The van der Waals surface area contributed by atoms with E-state index in [1.807, 2.05) is 26.0 Å². The first-order valence-corrected chi connectivity index (χ1v) is 6.77. The first-order chi connectivity index (χ1) is 10.4. The fraction of sp³-hybridized carbons (Fsp3) is 0.250. The summed E-state index contributed by atoms with van der Waals surface area (Å²) in [5.74, 6) is -0.823. The molecule has 1 amide bonds. The maximum absolute atomic E-state index is 12.7. The third-order valence-corrected chi connectivity index (χ3v) is 3.33. The smallest absolute Gasteiger partial charge is 0.325 e. The number of carboxylic acid groups (broad SMARTS) is 1. The average molecular weight is 302 g/mol. The van der Waals surface area contributed by atoms with Gasteiger partial charge in [-0.2, -0.15) is 0 Å². The Balaban J connectivity index is 2.40. The van der Waals surface area contributed by atoms with Gasteiger partial charge < -0.3 is 9.84 Å². The Morgan fingerprint density at radius 1 is 1.09 bits per heavy atom. The molecule has 1 heterocycles. The second-order valence-electron chi connectivity index (χ2n) is 4.91. The molecule has 0 bridgehead atoms. The molecule has 6 heteroatoms. The van der Waals surface area contributed by atoms with E-state index in [1.165, 1.54) is 5.01 Å². The van der Waals surface area contributed by atoms with Crippen LogP contribution in [0.3, 0.4) is 0 Å². The van der Waals surface area contributed by atoms with Gasteiger partial charge in [0.25, 0.3) is 5.91 Å². The van der Waals surface area contributed by atoms with Gasteiger partial charge in [0.1, 0.15) is 12.3 Å². The summed E-state index contributed by atoms with van der Waals surface area (Å²) in [6.45, 7) is 3.23. The van der Waals surface area contributed by atoms with Gasteiger partial charge in [-0.25, -0.2) is 5.01 Å².